The fraction of sp³-hybridized carbons (Fsp3) is 0.345. The minimum atomic E-state index is -2.76. The van der Waals surface area contributed by atoms with E-state index < -0.39 is 5.31 Å². The molecule has 5 heteroatoms. The summed E-state index contributed by atoms with van der Waals surface area (Å²) in [6.07, 6.45) is 11.0. The molecule has 3 aromatic rings. The molecule has 0 heterocycles. The summed E-state index contributed by atoms with van der Waals surface area (Å²) in [6, 6.07) is 33.3. The van der Waals surface area contributed by atoms with E-state index in [0.717, 1.165) is 19.1 Å². The topological polar surface area (TPSA) is 61.9 Å². The van der Waals surface area contributed by atoms with Crippen molar-refractivity contribution in [1.82, 2.24) is 5.32 Å². The average molecular weight is 541 g/mol. The van der Waals surface area contributed by atoms with Crippen LogP contribution in [0.1, 0.15) is 51.4 Å². The molecule has 0 saturated heterocycles. The van der Waals surface area contributed by atoms with Gasteiger partial charge in [-0.2, -0.15) is 0 Å². The minimum absolute atomic E-state index is 0.0745. The molecule has 0 fully saturated rings. The second-order valence-corrected chi connectivity index (χ2v) is 18.1. The number of unbranched alkanes of at least 4 members (excludes halogenated alkanes) is 7. The van der Waals surface area contributed by atoms with Crippen LogP contribution in [-0.4, -0.2) is 18.7 Å². The summed E-state index contributed by atoms with van der Waals surface area (Å²) < 4.78 is 0. The molecule has 3 nitrogen and oxygen atoms in total. The van der Waals surface area contributed by atoms with Crippen LogP contribution in [0.15, 0.2) is 91.0 Å². The normalized spacial score (nSPS) is 12.6. The van der Waals surface area contributed by atoms with Crippen LogP contribution in [0.2, 0.25) is 0 Å². The number of rotatable bonds is 14. The van der Waals surface area contributed by atoms with Crippen molar-refractivity contribution in [2.75, 3.05) is 12.7 Å². The Morgan fingerprint density at radius 3 is 1.35 bits per heavy atom. The second-order valence-electron chi connectivity index (χ2n) is 9.08. The summed E-state index contributed by atoms with van der Waals surface area (Å²) in [7, 11) is 0. The van der Waals surface area contributed by atoms with E-state index in [-0.39, 0.29) is 5.96 Å². The van der Waals surface area contributed by atoms with Crippen LogP contribution in [0.4, 0.5) is 0 Å². The number of halogens is 1. The number of guanidine groups is 1. The summed E-state index contributed by atoms with van der Waals surface area (Å²) in [6.45, 7) is 0.812. The predicted molar refractivity (Wildman–Crippen MR) is 156 cm³/mol. The van der Waals surface area contributed by atoms with Crippen LogP contribution in [0.5, 0.6) is 0 Å². The Morgan fingerprint density at radius 1 is 0.618 bits per heavy atom. The van der Waals surface area contributed by atoms with Crippen LogP contribution in [0.25, 0.3) is 0 Å². The van der Waals surface area contributed by atoms with E-state index in [0.29, 0.717) is 0 Å². The van der Waals surface area contributed by atoms with Gasteiger partial charge in [-0.15, -0.1) is 0 Å². The summed E-state index contributed by atoms with van der Waals surface area (Å²) in [5.41, 5.74) is 5.32. The Labute approximate surface area is 213 Å². The van der Waals surface area contributed by atoms with Crippen molar-refractivity contribution in [1.29, 1.82) is 5.41 Å². The van der Waals surface area contributed by atoms with Gasteiger partial charge in [-0.25, -0.2) is 0 Å². The first-order valence-corrected chi connectivity index (χ1v) is 17.0. The van der Waals surface area contributed by atoms with E-state index in [9.17, 15) is 0 Å². The molecule has 4 N–H and O–H groups in total. The molecule has 0 spiro atoms. The molecule has 0 saturated carbocycles. The van der Waals surface area contributed by atoms with Gasteiger partial charge < -0.3 is 5.73 Å². The van der Waals surface area contributed by atoms with Gasteiger partial charge in [-0.1, -0.05) is 0 Å². The third-order valence-electron chi connectivity index (χ3n) is 6.70. The molecule has 0 radical (unpaired) electrons. The van der Waals surface area contributed by atoms with Gasteiger partial charge in [0.25, 0.3) is 0 Å². The van der Waals surface area contributed by atoms with Gasteiger partial charge in [0, 0.05) is 0 Å². The zero-order valence-corrected chi connectivity index (χ0v) is 22.6. The van der Waals surface area contributed by atoms with Crippen molar-refractivity contribution in [3.63, 3.8) is 0 Å². The maximum absolute atomic E-state index is 7.19. The average Bonchev–Trinajstić information content (AvgIpc) is 2.88. The molecule has 3 aromatic carbocycles. The van der Waals surface area contributed by atoms with Crippen molar-refractivity contribution >= 4 is 42.7 Å². The van der Waals surface area contributed by atoms with Gasteiger partial charge in [0.05, 0.1) is 0 Å². The van der Waals surface area contributed by atoms with Crippen molar-refractivity contribution in [3.8, 4) is 0 Å². The summed E-state index contributed by atoms with van der Waals surface area (Å²) >= 11 is 4.55. The Bertz CT molecular complexity index is 896. The summed E-state index contributed by atoms with van der Waals surface area (Å²) in [4.78, 5) is 0. The Morgan fingerprint density at radius 2 is 0.971 bits per heavy atom. The summed E-state index contributed by atoms with van der Waals surface area (Å²) in [5, 5.41) is 11.5. The van der Waals surface area contributed by atoms with E-state index in [1.54, 1.807) is 0 Å². The van der Waals surface area contributed by atoms with E-state index in [1.165, 1.54) is 60.9 Å². The van der Waals surface area contributed by atoms with Crippen molar-refractivity contribution in [3.05, 3.63) is 91.0 Å². The zero-order valence-electron chi connectivity index (χ0n) is 20.1. The third-order valence-corrected chi connectivity index (χ3v) is 16.7. The van der Waals surface area contributed by atoms with Crippen LogP contribution in [0.3, 0.4) is 0 Å². The number of benzene rings is 3. The molecule has 182 valence electrons. The Hall–Kier alpha value is -2.16. The van der Waals surface area contributed by atoms with Gasteiger partial charge in [0.2, 0.25) is 0 Å². The standard InChI is InChI=1S/C29H39BrN3P/c30-34(26-18-10-7-11-19-26,27-20-12-8-13-21-27,28-22-14-9-15-23-28)25-17-6-4-2-1-3-5-16-24-33-29(31)32/h7-15,18-23H,1-6,16-17,24-25H2,(H4,31,32,33). The number of nitrogens with two attached hydrogens (primary N) is 1. The van der Waals surface area contributed by atoms with Crippen LogP contribution < -0.4 is 27.0 Å². The van der Waals surface area contributed by atoms with Crippen LogP contribution >= 0.6 is 20.8 Å². The van der Waals surface area contributed by atoms with Gasteiger partial charge in [0.15, 0.2) is 0 Å². The monoisotopic (exact) mass is 539 g/mol. The van der Waals surface area contributed by atoms with Crippen LogP contribution in [0, 0.1) is 5.41 Å². The molecule has 3 rings (SSSR count). The first kappa shape index (κ1) is 26.4. The second kappa shape index (κ2) is 13.1. The van der Waals surface area contributed by atoms with Gasteiger partial charge in [-0.05, 0) is 0 Å². The van der Waals surface area contributed by atoms with Crippen molar-refractivity contribution in [2.45, 2.75) is 51.4 Å². The third kappa shape index (κ3) is 6.49. The predicted octanol–water partition coefficient (Wildman–Crippen LogP) is 6.43. The molecule has 0 aliphatic heterocycles. The number of hydrogen-bond acceptors (Lipinski definition) is 1. The van der Waals surface area contributed by atoms with E-state index in [1.807, 2.05) is 0 Å². The summed E-state index contributed by atoms with van der Waals surface area (Å²) in [5.74, 6) is 0.0745. The molecule has 0 aliphatic rings. The quantitative estimate of drug-likeness (QED) is 0.0955. The fourth-order valence-corrected chi connectivity index (χ4v) is 12.6. The Kier molecular flexibility index (Phi) is 10.2. The molecule has 0 amide bonds. The van der Waals surface area contributed by atoms with E-state index in [2.05, 4.69) is 112 Å². The van der Waals surface area contributed by atoms with Crippen molar-refractivity contribution in [2.24, 2.45) is 5.73 Å². The first-order chi connectivity index (χ1) is 16.6. The molecule has 0 atom stereocenters. The van der Waals surface area contributed by atoms with Gasteiger partial charge in [-0.3, -0.25) is 5.41 Å². The number of hydrogen-bond donors (Lipinski definition) is 3. The molecular weight excluding hydrogens is 501 g/mol. The van der Waals surface area contributed by atoms with Crippen molar-refractivity contribution < 1.29 is 0 Å². The fourth-order valence-electron chi connectivity index (χ4n) is 4.87. The number of nitrogens with one attached hydrogen (secondary N) is 2. The Balaban J connectivity index is 1.68. The molecule has 0 bridgehead atoms. The van der Waals surface area contributed by atoms with Gasteiger partial charge in [0.1, 0.15) is 0 Å². The van der Waals surface area contributed by atoms with Crippen LogP contribution in [-0.2, 0) is 0 Å². The molecule has 0 aromatic heterocycles. The van der Waals surface area contributed by atoms with E-state index >= 15 is 0 Å². The molecule has 0 unspecified atom stereocenters. The van der Waals surface area contributed by atoms with Gasteiger partial charge >= 0.3 is 203 Å². The zero-order chi connectivity index (χ0) is 24.1. The van der Waals surface area contributed by atoms with E-state index in [4.69, 9.17) is 11.1 Å². The molecule has 0 aliphatic carbocycles. The SMILES string of the molecule is N=C(N)NCCCCCCCCCCP(Br)(c1ccccc1)(c1ccccc1)c1ccccc1. The first-order valence-electron chi connectivity index (χ1n) is 12.5. The molecular formula is C29H39BrN3P. The maximum atomic E-state index is 7.19. The molecule has 34 heavy (non-hydrogen) atoms.